The van der Waals surface area contributed by atoms with Crippen LogP contribution >= 0.6 is 11.8 Å². The van der Waals surface area contributed by atoms with E-state index in [2.05, 4.69) is 38.6 Å². The summed E-state index contributed by atoms with van der Waals surface area (Å²) < 4.78 is 2.19. The van der Waals surface area contributed by atoms with Crippen LogP contribution in [-0.4, -0.2) is 36.3 Å². The predicted molar refractivity (Wildman–Crippen MR) is 96.4 cm³/mol. The standard InChI is InChI=1S/C17H19N5O2S/c1-9(2)15-20-21-17(22(15)11-4-5-11)25-8-14(23)10-3-6-12-13(7-10)19-16(24)18-12/h3,6-7,9,11H,4-5,8H2,1-2H3,(H2,18,19,24). The van der Waals surface area contributed by atoms with E-state index >= 15 is 0 Å². The van der Waals surface area contributed by atoms with Crippen molar-refractivity contribution in [2.45, 2.75) is 43.8 Å². The van der Waals surface area contributed by atoms with Crippen molar-refractivity contribution in [2.24, 2.45) is 0 Å². The molecule has 0 atom stereocenters. The second-order valence-corrected chi connectivity index (χ2v) is 7.59. The number of imidazole rings is 1. The van der Waals surface area contributed by atoms with Crippen LogP contribution in [0.1, 0.15) is 54.8 Å². The molecule has 1 aliphatic carbocycles. The molecule has 2 N–H and O–H groups in total. The lowest BCUT2D eigenvalue weighted by molar-refractivity contribution is 0.102. The fourth-order valence-electron chi connectivity index (χ4n) is 2.88. The Labute approximate surface area is 148 Å². The lowest BCUT2D eigenvalue weighted by Gasteiger charge is -2.10. The third-order valence-corrected chi connectivity index (χ3v) is 5.23. The maximum Gasteiger partial charge on any atom is 0.323 e. The van der Waals surface area contributed by atoms with E-state index < -0.39 is 0 Å². The highest BCUT2D eigenvalue weighted by atomic mass is 32.2. The number of ketones is 1. The van der Waals surface area contributed by atoms with Crippen LogP contribution < -0.4 is 5.69 Å². The van der Waals surface area contributed by atoms with E-state index in [0.717, 1.165) is 23.8 Å². The maximum atomic E-state index is 12.5. The van der Waals surface area contributed by atoms with Crippen molar-refractivity contribution in [3.05, 3.63) is 40.1 Å². The van der Waals surface area contributed by atoms with Crippen LogP contribution in [0.5, 0.6) is 0 Å². The molecule has 0 amide bonds. The number of fused-ring (bicyclic) bond motifs is 1. The van der Waals surface area contributed by atoms with Gasteiger partial charge in [-0.2, -0.15) is 0 Å². The highest BCUT2D eigenvalue weighted by Crippen LogP contribution is 2.40. The number of aromatic amines is 2. The summed E-state index contributed by atoms with van der Waals surface area (Å²) in [6, 6.07) is 5.67. The molecule has 0 saturated heterocycles. The van der Waals surface area contributed by atoms with Crippen LogP contribution in [0, 0.1) is 0 Å². The Morgan fingerprint density at radius 3 is 2.76 bits per heavy atom. The minimum Gasteiger partial charge on any atom is -0.306 e. The molecule has 1 aromatic carbocycles. The van der Waals surface area contributed by atoms with Crippen LogP contribution in [0.3, 0.4) is 0 Å². The molecular weight excluding hydrogens is 338 g/mol. The Balaban J connectivity index is 1.52. The smallest absolute Gasteiger partial charge is 0.306 e. The van der Waals surface area contributed by atoms with Crippen LogP contribution in [-0.2, 0) is 0 Å². The Kier molecular flexibility index (Phi) is 3.99. The number of hydrogen-bond acceptors (Lipinski definition) is 5. The quantitative estimate of drug-likeness (QED) is 0.522. The summed E-state index contributed by atoms with van der Waals surface area (Å²) in [5.74, 6) is 1.60. The third kappa shape index (κ3) is 3.13. The zero-order valence-corrected chi connectivity index (χ0v) is 14.9. The molecule has 0 spiro atoms. The number of carbonyl (C=O) groups is 1. The Bertz CT molecular complexity index is 996. The van der Waals surface area contributed by atoms with Crippen LogP contribution in [0.15, 0.2) is 28.2 Å². The van der Waals surface area contributed by atoms with Crippen molar-refractivity contribution >= 4 is 28.6 Å². The van der Waals surface area contributed by atoms with Gasteiger partial charge >= 0.3 is 5.69 Å². The minimum atomic E-state index is -0.271. The van der Waals surface area contributed by atoms with Crippen molar-refractivity contribution in [3.63, 3.8) is 0 Å². The van der Waals surface area contributed by atoms with Gasteiger partial charge in [-0.1, -0.05) is 25.6 Å². The Morgan fingerprint density at radius 2 is 2.04 bits per heavy atom. The summed E-state index contributed by atoms with van der Waals surface area (Å²) in [4.78, 5) is 29.2. The average Bonchev–Trinajstić information content (AvgIpc) is 3.21. The molecule has 0 bridgehead atoms. The number of benzene rings is 1. The van der Waals surface area contributed by atoms with E-state index in [0.29, 0.717) is 34.3 Å². The molecule has 130 valence electrons. The first-order chi connectivity index (χ1) is 12.0. The summed E-state index contributed by atoms with van der Waals surface area (Å²) >= 11 is 1.43. The van der Waals surface area contributed by atoms with Crippen molar-refractivity contribution in [1.29, 1.82) is 0 Å². The summed E-state index contributed by atoms with van der Waals surface area (Å²) in [7, 11) is 0. The summed E-state index contributed by atoms with van der Waals surface area (Å²) in [5.41, 5.74) is 1.65. The Morgan fingerprint density at radius 1 is 1.28 bits per heavy atom. The first-order valence-electron chi connectivity index (χ1n) is 8.36. The highest BCUT2D eigenvalue weighted by Gasteiger charge is 2.30. The van der Waals surface area contributed by atoms with Crippen LogP contribution in [0.25, 0.3) is 11.0 Å². The molecule has 0 unspecified atom stereocenters. The van der Waals surface area contributed by atoms with Crippen molar-refractivity contribution in [1.82, 2.24) is 24.7 Å². The lowest BCUT2D eigenvalue weighted by atomic mass is 10.1. The van der Waals surface area contributed by atoms with Gasteiger partial charge < -0.3 is 14.5 Å². The van der Waals surface area contributed by atoms with Crippen LogP contribution in [0.4, 0.5) is 0 Å². The number of thioether (sulfide) groups is 1. The monoisotopic (exact) mass is 357 g/mol. The van der Waals surface area contributed by atoms with Gasteiger partial charge in [0.1, 0.15) is 5.82 Å². The first kappa shape index (κ1) is 16.1. The molecule has 7 nitrogen and oxygen atoms in total. The van der Waals surface area contributed by atoms with Crippen molar-refractivity contribution in [2.75, 3.05) is 5.75 Å². The van der Waals surface area contributed by atoms with Crippen molar-refractivity contribution < 1.29 is 4.79 Å². The number of aromatic nitrogens is 5. The van der Waals surface area contributed by atoms with Gasteiger partial charge in [-0.05, 0) is 31.0 Å². The number of hydrogen-bond donors (Lipinski definition) is 2. The van der Waals surface area contributed by atoms with Gasteiger partial charge in [0.15, 0.2) is 10.9 Å². The van der Waals surface area contributed by atoms with E-state index in [1.165, 1.54) is 11.8 Å². The summed E-state index contributed by atoms with van der Waals surface area (Å²) in [6.45, 7) is 4.21. The average molecular weight is 357 g/mol. The zero-order chi connectivity index (χ0) is 17.6. The van der Waals surface area contributed by atoms with Gasteiger partial charge in [0.05, 0.1) is 16.8 Å². The molecule has 1 saturated carbocycles. The molecule has 2 heterocycles. The van der Waals surface area contributed by atoms with E-state index in [1.807, 2.05) is 0 Å². The summed E-state index contributed by atoms with van der Waals surface area (Å²) in [6.07, 6.45) is 2.30. The van der Waals surface area contributed by atoms with E-state index in [4.69, 9.17) is 0 Å². The van der Waals surface area contributed by atoms with Gasteiger partial charge in [0.25, 0.3) is 0 Å². The summed E-state index contributed by atoms with van der Waals surface area (Å²) in [5, 5.41) is 9.41. The second-order valence-electron chi connectivity index (χ2n) is 6.65. The normalized spacial score (nSPS) is 14.5. The molecule has 3 aromatic rings. The van der Waals surface area contributed by atoms with Gasteiger partial charge in [-0.25, -0.2) is 4.79 Å². The number of rotatable bonds is 6. The van der Waals surface area contributed by atoms with Gasteiger partial charge in [-0.15, -0.1) is 10.2 Å². The molecule has 1 aliphatic rings. The van der Waals surface area contributed by atoms with E-state index in [-0.39, 0.29) is 11.5 Å². The number of nitrogens with zero attached hydrogens (tertiary/aromatic N) is 3. The third-order valence-electron chi connectivity index (χ3n) is 4.29. The number of carbonyl (C=O) groups excluding carboxylic acids is 1. The predicted octanol–water partition coefficient (Wildman–Crippen LogP) is 2.88. The lowest BCUT2D eigenvalue weighted by Crippen LogP contribution is -2.07. The Hall–Kier alpha value is -2.35. The molecule has 2 aromatic heterocycles. The zero-order valence-electron chi connectivity index (χ0n) is 14.1. The van der Waals surface area contributed by atoms with E-state index in [9.17, 15) is 9.59 Å². The molecule has 25 heavy (non-hydrogen) atoms. The first-order valence-corrected chi connectivity index (χ1v) is 9.34. The maximum absolute atomic E-state index is 12.5. The van der Waals surface area contributed by atoms with Crippen molar-refractivity contribution in [3.8, 4) is 0 Å². The second kappa shape index (κ2) is 6.18. The fourth-order valence-corrected chi connectivity index (χ4v) is 3.78. The minimum absolute atomic E-state index is 0.00499. The highest BCUT2D eigenvalue weighted by molar-refractivity contribution is 7.99. The number of nitrogens with one attached hydrogen (secondary N) is 2. The molecule has 1 fully saturated rings. The molecule has 4 rings (SSSR count). The van der Waals surface area contributed by atoms with E-state index in [1.54, 1.807) is 18.2 Å². The van der Waals surface area contributed by atoms with Crippen LogP contribution in [0.2, 0.25) is 0 Å². The fraction of sp³-hybridized carbons (Fsp3) is 0.412. The SMILES string of the molecule is CC(C)c1nnc(SCC(=O)c2ccc3[nH]c(=O)[nH]c3c2)n1C1CC1. The van der Waals surface area contributed by atoms with Gasteiger partial charge in [0, 0.05) is 17.5 Å². The topological polar surface area (TPSA) is 96.4 Å². The molecular formula is C17H19N5O2S. The molecule has 0 aliphatic heterocycles. The van der Waals surface area contributed by atoms with Gasteiger partial charge in [-0.3, -0.25) is 4.79 Å². The van der Waals surface area contributed by atoms with Gasteiger partial charge in [0.2, 0.25) is 0 Å². The molecule has 8 heteroatoms. The number of H-pyrrole nitrogens is 2. The number of Topliss-reactive ketones (excluding diaryl/α,β-unsaturated/α-hetero) is 1. The largest absolute Gasteiger partial charge is 0.323 e. The molecule has 0 radical (unpaired) electrons.